The number of urea groups is 1. The number of hydrogen-bond donors (Lipinski definition) is 3. The van der Waals surface area contributed by atoms with Crippen molar-refractivity contribution in [3.05, 3.63) is 24.3 Å². The van der Waals surface area contributed by atoms with E-state index in [1.807, 2.05) is 0 Å². The molecule has 0 atom stereocenters. The Morgan fingerprint density at radius 3 is 2.39 bits per heavy atom. The Balaban J connectivity index is 2.37. The van der Waals surface area contributed by atoms with Crippen LogP contribution in [-0.2, 0) is 4.74 Å². The smallest absolute Gasteiger partial charge is 0.426 e. The largest absolute Gasteiger partial charge is 0.497 e. The Morgan fingerprint density at radius 2 is 1.83 bits per heavy atom. The van der Waals surface area contributed by atoms with Gasteiger partial charge < -0.3 is 14.8 Å². The van der Waals surface area contributed by atoms with Gasteiger partial charge in [0.05, 0.1) is 13.7 Å². The predicted molar refractivity (Wildman–Crippen MR) is 65.3 cm³/mol. The van der Waals surface area contributed by atoms with Crippen LogP contribution in [0.4, 0.5) is 15.3 Å². The third-order valence-corrected chi connectivity index (χ3v) is 1.90. The molecule has 7 nitrogen and oxygen atoms in total. The number of anilines is 1. The topological polar surface area (TPSA) is 88.7 Å². The fourth-order valence-electron chi connectivity index (χ4n) is 1.11. The molecule has 0 unspecified atom stereocenters. The summed E-state index contributed by atoms with van der Waals surface area (Å²) in [4.78, 5) is 22.2. The Labute approximate surface area is 104 Å². The van der Waals surface area contributed by atoms with Gasteiger partial charge in [0.15, 0.2) is 0 Å². The van der Waals surface area contributed by atoms with Gasteiger partial charge in [-0.2, -0.15) is 0 Å². The molecular weight excluding hydrogens is 238 g/mol. The van der Waals surface area contributed by atoms with Gasteiger partial charge in [-0.25, -0.2) is 20.4 Å². The van der Waals surface area contributed by atoms with E-state index in [0.717, 1.165) is 0 Å². The summed E-state index contributed by atoms with van der Waals surface area (Å²) in [6, 6.07) is 6.17. The number of hydrogen-bond acceptors (Lipinski definition) is 4. The van der Waals surface area contributed by atoms with Crippen LogP contribution in [0.15, 0.2) is 24.3 Å². The summed E-state index contributed by atoms with van der Waals surface area (Å²) in [5.41, 5.74) is 4.79. The van der Waals surface area contributed by atoms with E-state index in [1.54, 1.807) is 38.3 Å². The van der Waals surface area contributed by atoms with Gasteiger partial charge in [0.1, 0.15) is 5.75 Å². The molecule has 0 spiro atoms. The fourth-order valence-corrected chi connectivity index (χ4v) is 1.11. The molecule has 98 valence electrons. The Morgan fingerprint density at radius 1 is 1.17 bits per heavy atom. The molecule has 1 aromatic carbocycles. The van der Waals surface area contributed by atoms with E-state index < -0.39 is 12.1 Å². The number of carbonyl (C=O) groups is 2. The van der Waals surface area contributed by atoms with Crippen molar-refractivity contribution in [2.45, 2.75) is 6.92 Å². The first kappa shape index (κ1) is 13.6. The summed E-state index contributed by atoms with van der Waals surface area (Å²) >= 11 is 0. The SMILES string of the molecule is CCOC(=O)NNC(=O)Nc1ccc(OC)cc1. The minimum Gasteiger partial charge on any atom is -0.497 e. The van der Waals surface area contributed by atoms with Crippen molar-refractivity contribution >= 4 is 17.8 Å². The van der Waals surface area contributed by atoms with E-state index in [0.29, 0.717) is 11.4 Å². The van der Waals surface area contributed by atoms with Crippen LogP contribution in [0.25, 0.3) is 0 Å². The minimum absolute atomic E-state index is 0.230. The van der Waals surface area contributed by atoms with Crippen LogP contribution in [0.2, 0.25) is 0 Å². The molecule has 1 rings (SSSR count). The van der Waals surface area contributed by atoms with Gasteiger partial charge in [0, 0.05) is 5.69 Å². The van der Waals surface area contributed by atoms with Crippen LogP contribution in [0.1, 0.15) is 6.92 Å². The fraction of sp³-hybridized carbons (Fsp3) is 0.273. The van der Waals surface area contributed by atoms with Crippen LogP contribution >= 0.6 is 0 Å². The normalized spacial score (nSPS) is 9.22. The van der Waals surface area contributed by atoms with E-state index in [2.05, 4.69) is 20.9 Å². The molecule has 0 saturated carbocycles. The quantitative estimate of drug-likeness (QED) is 0.712. The third-order valence-electron chi connectivity index (χ3n) is 1.90. The lowest BCUT2D eigenvalue weighted by molar-refractivity contribution is 0.148. The van der Waals surface area contributed by atoms with Crippen LogP contribution in [0, 0.1) is 0 Å². The van der Waals surface area contributed by atoms with Crippen molar-refractivity contribution in [1.29, 1.82) is 0 Å². The molecule has 18 heavy (non-hydrogen) atoms. The number of hydrazine groups is 1. The van der Waals surface area contributed by atoms with E-state index in [1.165, 1.54) is 0 Å². The zero-order chi connectivity index (χ0) is 13.4. The van der Waals surface area contributed by atoms with Gasteiger partial charge in [0.2, 0.25) is 0 Å². The molecular formula is C11H15N3O4. The molecule has 7 heteroatoms. The molecule has 0 heterocycles. The third kappa shape index (κ3) is 4.60. The van der Waals surface area contributed by atoms with Gasteiger partial charge in [-0.3, -0.25) is 0 Å². The van der Waals surface area contributed by atoms with E-state index in [-0.39, 0.29) is 6.61 Å². The molecule has 0 saturated heterocycles. The average Bonchev–Trinajstić information content (AvgIpc) is 2.38. The lowest BCUT2D eigenvalue weighted by Gasteiger charge is -2.09. The van der Waals surface area contributed by atoms with Crippen LogP contribution in [0.5, 0.6) is 5.75 Å². The lowest BCUT2D eigenvalue weighted by atomic mass is 10.3. The van der Waals surface area contributed by atoms with Crippen molar-refractivity contribution in [2.75, 3.05) is 19.0 Å². The van der Waals surface area contributed by atoms with Crippen molar-refractivity contribution in [1.82, 2.24) is 10.9 Å². The Kier molecular flexibility index (Phi) is 5.30. The molecule has 0 bridgehead atoms. The zero-order valence-electron chi connectivity index (χ0n) is 10.1. The highest BCUT2D eigenvalue weighted by Gasteiger charge is 2.04. The molecule has 0 radical (unpaired) electrons. The van der Waals surface area contributed by atoms with E-state index in [4.69, 9.17) is 4.74 Å². The monoisotopic (exact) mass is 253 g/mol. The Hall–Kier alpha value is -2.44. The standard InChI is InChI=1S/C11H15N3O4/c1-3-18-11(16)14-13-10(15)12-8-4-6-9(17-2)7-5-8/h4-7H,3H2,1-2H3,(H,14,16)(H2,12,13,15). The molecule has 0 aliphatic rings. The summed E-state index contributed by atoms with van der Waals surface area (Å²) in [6.07, 6.45) is -0.720. The number of ether oxygens (including phenoxy) is 2. The second-order valence-corrected chi connectivity index (χ2v) is 3.15. The zero-order valence-corrected chi connectivity index (χ0v) is 10.1. The maximum Gasteiger partial charge on any atom is 0.426 e. The molecule has 3 amide bonds. The maximum absolute atomic E-state index is 11.4. The molecule has 0 aliphatic carbocycles. The molecule has 3 N–H and O–H groups in total. The first-order valence-electron chi connectivity index (χ1n) is 5.29. The number of methoxy groups -OCH3 is 1. The molecule has 0 aromatic heterocycles. The highest BCUT2D eigenvalue weighted by Crippen LogP contribution is 2.14. The summed E-state index contributed by atoms with van der Waals surface area (Å²) in [5.74, 6) is 0.686. The van der Waals surface area contributed by atoms with Crippen molar-refractivity contribution in [2.24, 2.45) is 0 Å². The second kappa shape index (κ2) is 7.00. The number of carbonyl (C=O) groups excluding carboxylic acids is 2. The molecule has 0 aliphatic heterocycles. The van der Waals surface area contributed by atoms with E-state index >= 15 is 0 Å². The van der Waals surface area contributed by atoms with Gasteiger partial charge in [-0.15, -0.1) is 0 Å². The highest BCUT2D eigenvalue weighted by atomic mass is 16.6. The van der Waals surface area contributed by atoms with Crippen molar-refractivity contribution in [3.63, 3.8) is 0 Å². The molecule has 1 aromatic rings. The van der Waals surface area contributed by atoms with Crippen LogP contribution < -0.4 is 20.9 Å². The van der Waals surface area contributed by atoms with Gasteiger partial charge in [-0.1, -0.05) is 0 Å². The van der Waals surface area contributed by atoms with Crippen molar-refractivity contribution < 1.29 is 19.1 Å². The van der Waals surface area contributed by atoms with Gasteiger partial charge in [0.25, 0.3) is 0 Å². The summed E-state index contributed by atoms with van der Waals surface area (Å²) in [6.45, 7) is 1.89. The summed E-state index contributed by atoms with van der Waals surface area (Å²) in [5, 5.41) is 2.51. The van der Waals surface area contributed by atoms with Crippen molar-refractivity contribution in [3.8, 4) is 5.75 Å². The van der Waals surface area contributed by atoms with E-state index in [9.17, 15) is 9.59 Å². The number of amides is 3. The predicted octanol–water partition coefficient (Wildman–Crippen LogP) is 1.48. The minimum atomic E-state index is -0.720. The Bertz CT molecular complexity index is 405. The second-order valence-electron chi connectivity index (χ2n) is 3.15. The van der Waals surface area contributed by atoms with Crippen LogP contribution in [0.3, 0.4) is 0 Å². The summed E-state index contributed by atoms with van der Waals surface area (Å²) in [7, 11) is 1.55. The first-order valence-corrected chi connectivity index (χ1v) is 5.29. The molecule has 0 fully saturated rings. The number of rotatable bonds is 3. The first-order chi connectivity index (χ1) is 8.65. The van der Waals surface area contributed by atoms with Gasteiger partial charge >= 0.3 is 12.1 Å². The maximum atomic E-state index is 11.4. The number of benzene rings is 1. The van der Waals surface area contributed by atoms with Gasteiger partial charge in [-0.05, 0) is 31.2 Å². The average molecular weight is 253 g/mol. The number of nitrogens with one attached hydrogen (secondary N) is 3. The van der Waals surface area contributed by atoms with Crippen LogP contribution in [-0.4, -0.2) is 25.8 Å². The lowest BCUT2D eigenvalue weighted by Crippen LogP contribution is -2.44. The summed E-state index contributed by atoms with van der Waals surface area (Å²) < 4.78 is 9.54. The highest BCUT2D eigenvalue weighted by molar-refractivity contribution is 5.90.